The molecule has 0 aromatic rings. The fourth-order valence-electron chi connectivity index (χ4n) is 6.80. The van der Waals surface area contributed by atoms with E-state index in [-0.39, 0.29) is 12.5 Å². The van der Waals surface area contributed by atoms with Crippen LogP contribution in [0, 0.1) is 0 Å². The molecule has 0 spiro atoms. The molecule has 3 unspecified atom stereocenters. The smallest absolute Gasteiger partial charge is 0.220 e. The maximum absolute atomic E-state index is 12.4. The summed E-state index contributed by atoms with van der Waals surface area (Å²) in [6.07, 6.45) is 48.7. The van der Waals surface area contributed by atoms with Gasteiger partial charge in [-0.3, -0.25) is 4.79 Å². The fourth-order valence-corrected chi connectivity index (χ4v) is 6.80. The second-order valence-corrected chi connectivity index (χ2v) is 15.2. The Balaban J connectivity index is 3.58. The number of amides is 1. The monoisotopic (exact) mass is 706 g/mol. The molecule has 296 valence electrons. The van der Waals surface area contributed by atoms with Gasteiger partial charge in [-0.25, -0.2) is 0 Å². The highest BCUT2D eigenvalue weighted by molar-refractivity contribution is 5.76. The molecule has 0 heterocycles. The summed E-state index contributed by atoms with van der Waals surface area (Å²) in [5.41, 5.74) is 0. The summed E-state index contributed by atoms with van der Waals surface area (Å²) < 4.78 is 0. The average Bonchev–Trinajstić information content (AvgIpc) is 3.12. The topological polar surface area (TPSA) is 89.8 Å². The van der Waals surface area contributed by atoms with Gasteiger partial charge in [0.1, 0.15) is 6.10 Å². The van der Waals surface area contributed by atoms with Crippen LogP contribution in [0.1, 0.15) is 232 Å². The number of carbonyl (C=O) groups excluding carboxylic acids is 1. The van der Waals surface area contributed by atoms with Crippen LogP contribution in [0.2, 0.25) is 0 Å². The minimum Gasteiger partial charge on any atom is -0.394 e. The summed E-state index contributed by atoms with van der Waals surface area (Å²) in [5, 5.41) is 33.4. The van der Waals surface area contributed by atoms with Crippen molar-refractivity contribution in [2.24, 2.45) is 0 Å². The Morgan fingerprint density at radius 1 is 0.480 bits per heavy atom. The summed E-state index contributed by atoms with van der Waals surface area (Å²) in [5.74, 6) is -0.156. The highest BCUT2D eigenvalue weighted by Gasteiger charge is 2.26. The van der Waals surface area contributed by atoms with E-state index < -0.39 is 18.2 Å². The molecule has 3 atom stereocenters. The van der Waals surface area contributed by atoms with Crippen molar-refractivity contribution < 1.29 is 20.1 Å². The zero-order chi connectivity index (χ0) is 36.6. The van der Waals surface area contributed by atoms with E-state index in [2.05, 4.69) is 43.5 Å². The first kappa shape index (κ1) is 48.8. The van der Waals surface area contributed by atoms with Crippen molar-refractivity contribution in [1.82, 2.24) is 5.32 Å². The molecule has 0 bridgehead atoms. The average molecular weight is 706 g/mol. The van der Waals surface area contributed by atoms with Gasteiger partial charge in [-0.1, -0.05) is 186 Å². The van der Waals surface area contributed by atoms with Crippen LogP contribution in [0.4, 0.5) is 0 Å². The molecule has 0 saturated carbocycles. The molecule has 5 heteroatoms. The highest BCUT2D eigenvalue weighted by Crippen LogP contribution is 2.15. The first-order valence-corrected chi connectivity index (χ1v) is 22.1. The zero-order valence-corrected chi connectivity index (χ0v) is 33.5. The third-order valence-corrected chi connectivity index (χ3v) is 10.3. The van der Waals surface area contributed by atoms with Crippen molar-refractivity contribution in [3.8, 4) is 0 Å². The predicted molar refractivity (Wildman–Crippen MR) is 218 cm³/mol. The van der Waals surface area contributed by atoms with E-state index in [9.17, 15) is 20.1 Å². The van der Waals surface area contributed by atoms with Gasteiger partial charge in [0.25, 0.3) is 0 Å². The second-order valence-electron chi connectivity index (χ2n) is 15.2. The van der Waals surface area contributed by atoms with Gasteiger partial charge in [-0.15, -0.1) is 0 Å². The standard InChI is InChI=1S/C45H87NO4/c1-3-5-7-9-11-13-15-16-17-18-19-20-21-22-23-24-25-26-27-28-30-32-34-36-38-40-44(49)46-42(41-47)45(50)43(48)39-37-35-33-31-29-14-12-10-8-6-4-2/h22-23,31,33,42-43,45,47-48,50H,3-21,24-30,32,34-41H2,1-2H3,(H,46,49)/b23-22-,33-31+. The van der Waals surface area contributed by atoms with Gasteiger partial charge in [-0.2, -0.15) is 0 Å². The molecular weight excluding hydrogens is 618 g/mol. The van der Waals surface area contributed by atoms with E-state index >= 15 is 0 Å². The summed E-state index contributed by atoms with van der Waals surface area (Å²) in [4.78, 5) is 12.4. The van der Waals surface area contributed by atoms with Gasteiger partial charge >= 0.3 is 0 Å². The number of carbonyl (C=O) groups is 1. The van der Waals surface area contributed by atoms with E-state index in [1.165, 1.54) is 167 Å². The van der Waals surface area contributed by atoms with Crippen LogP contribution >= 0.6 is 0 Å². The maximum atomic E-state index is 12.4. The Morgan fingerprint density at radius 2 is 0.800 bits per heavy atom. The van der Waals surface area contributed by atoms with E-state index in [1.807, 2.05) is 0 Å². The van der Waals surface area contributed by atoms with E-state index in [1.54, 1.807) is 0 Å². The molecule has 5 nitrogen and oxygen atoms in total. The molecule has 0 aromatic heterocycles. The molecule has 0 rings (SSSR count). The largest absolute Gasteiger partial charge is 0.394 e. The number of rotatable bonds is 40. The lowest BCUT2D eigenvalue weighted by molar-refractivity contribution is -0.124. The lowest BCUT2D eigenvalue weighted by atomic mass is 10.0. The second kappa shape index (κ2) is 40.6. The molecule has 1 amide bonds. The number of hydrogen-bond acceptors (Lipinski definition) is 4. The van der Waals surface area contributed by atoms with Crippen LogP contribution in [-0.4, -0.2) is 46.1 Å². The Bertz CT molecular complexity index is 739. The van der Waals surface area contributed by atoms with Crippen LogP contribution in [0.25, 0.3) is 0 Å². The molecular formula is C45H87NO4. The summed E-state index contributed by atoms with van der Waals surface area (Å²) in [6.45, 7) is 4.15. The van der Waals surface area contributed by atoms with E-state index in [0.29, 0.717) is 12.8 Å². The fraction of sp³-hybridized carbons (Fsp3) is 0.889. The van der Waals surface area contributed by atoms with Crippen LogP contribution in [0.15, 0.2) is 24.3 Å². The SMILES string of the molecule is CCCCCCCC/C=C/CCCC(O)C(O)C(CO)NC(=O)CCCCCCCCCCC/C=C\CCCCCCCCCCCCCC. The third-order valence-electron chi connectivity index (χ3n) is 10.3. The van der Waals surface area contributed by atoms with E-state index in [0.717, 1.165) is 38.5 Å². The van der Waals surface area contributed by atoms with Gasteiger partial charge in [-0.05, 0) is 64.2 Å². The third kappa shape index (κ3) is 35.2. The number of aliphatic hydroxyl groups excluding tert-OH is 3. The number of hydrogen-bond donors (Lipinski definition) is 4. The van der Waals surface area contributed by atoms with Crippen molar-refractivity contribution in [3.63, 3.8) is 0 Å². The van der Waals surface area contributed by atoms with Gasteiger partial charge < -0.3 is 20.6 Å². The molecule has 4 N–H and O–H groups in total. The van der Waals surface area contributed by atoms with Crippen LogP contribution in [0.3, 0.4) is 0 Å². The number of aliphatic hydroxyl groups is 3. The van der Waals surface area contributed by atoms with Crippen molar-refractivity contribution in [2.45, 2.75) is 250 Å². The first-order chi connectivity index (χ1) is 24.6. The maximum Gasteiger partial charge on any atom is 0.220 e. The van der Waals surface area contributed by atoms with Crippen molar-refractivity contribution in [3.05, 3.63) is 24.3 Å². The molecule has 50 heavy (non-hydrogen) atoms. The normalized spacial score (nSPS) is 13.8. The molecule has 0 fully saturated rings. The van der Waals surface area contributed by atoms with Crippen molar-refractivity contribution >= 4 is 5.91 Å². The van der Waals surface area contributed by atoms with Gasteiger partial charge in [0.2, 0.25) is 5.91 Å². The first-order valence-electron chi connectivity index (χ1n) is 22.1. The van der Waals surface area contributed by atoms with Crippen LogP contribution in [0.5, 0.6) is 0 Å². The Hall–Kier alpha value is -1.17. The number of unbranched alkanes of at least 4 members (excludes halogenated alkanes) is 28. The zero-order valence-electron chi connectivity index (χ0n) is 33.5. The number of allylic oxidation sites excluding steroid dienone is 4. The molecule has 0 saturated heterocycles. The summed E-state index contributed by atoms with van der Waals surface area (Å²) in [7, 11) is 0. The lowest BCUT2D eigenvalue weighted by Gasteiger charge is -2.26. The molecule has 0 aliphatic carbocycles. The van der Waals surface area contributed by atoms with E-state index in [4.69, 9.17) is 0 Å². The quantitative estimate of drug-likeness (QED) is 0.0377. The number of nitrogens with one attached hydrogen (secondary N) is 1. The molecule has 0 aliphatic heterocycles. The van der Waals surface area contributed by atoms with Gasteiger partial charge in [0.05, 0.1) is 18.8 Å². The molecule has 0 aromatic carbocycles. The minimum absolute atomic E-state index is 0.156. The minimum atomic E-state index is -1.16. The Kier molecular flexibility index (Phi) is 39.6. The molecule has 0 aliphatic rings. The van der Waals surface area contributed by atoms with Gasteiger partial charge in [0.15, 0.2) is 0 Å². The molecule has 0 radical (unpaired) electrons. The Morgan fingerprint density at radius 3 is 1.16 bits per heavy atom. The van der Waals surface area contributed by atoms with Crippen molar-refractivity contribution in [2.75, 3.05) is 6.61 Å². The summed E-state index contributed by atoms with van der Waals surface area (Å²) in [6, 6.07) is -0.824. The van der Waals surface area contributed by atoms with Crippen molar-refractivity contribution in [1.29, 1.82) is 0 Å². The Labute approximate surface area is 312 Å². The highest BCUT2D eigenvalue weighted by atomic mass is 16.3. The van der Waals surface area contributed by atoms with Crippen LogP contribution < -0.4 is 5.32 Å². The lowest BCUT2D eigenvalue weighted by Crippen LogP contribution is -2.50. The predicted octanol–water partition coefficient (Wildman–Crippen LogP) is 12.6. The van der Waals surface area contributed by atoms with Crippen LogP contribution in [-0.2, 0) is 4.79 Å². The van der Waals surface area contributed by atoms with Gasteiger partial charge in [0, 0.05) is 6.42 Å². The summed E-state index contributed by atoms with van der Waals surface area (Å²) >= 11 is 0.